The number of anilines is 2. The third kappa shape index (κ3) is 7.03. The molecule has 1 fully saturated rings. The van der Waals surface area contributed by atoms with Gasteiger partial charge in [0.1, 0.15) is 17.3 Å². The summed E-state index contributed by atoms with van der Waals surface area (Å²) in [6.07, 6.45) is 2.87. The minimum Gasteiger partial charge on any atom is -0.351 e. The van der Waals surface area contributed by atoms with Crippen LogP contribution in [0.2, 0.25) is 0 Å². The van der Waals surface area contributed by atoms with Gasteiger partial charge in [0, 0.05) is 54.6 Å². The number of halogens is 4. The number of nitrogens with one attached hydrogen (secondary N) is 2. The smallest absolute Gasteiger partial charge is 0.351 e. The molecule has 0 aliphatic heterocycles. The molecule has 10 nitrogen and oxygen atoms in total. The Kier molecular flexibility index (Phi) is 8.69. The van der Waals surface area contributed by atoms with E-state index in [9.17, 15) is 30.8 Å². The van der Waals surface area contributed by atoms with Gasteiger partial charge >= 0.3 is 6.18 Å². The van der Waals surface area contributed by atoms with Gasteiger partial charge in [0.2, 0.25) is 16.0 Å². The van der Waals surface area contributed by atoms with Crippen LogP contribution in [0.15, 0.2) is 47.7 Å². The maximum absolute atomic E-state index is 14.9. The van der Waals surface area contributed by atoms with Gasteiger partial charge in [-0.15, -0.1) is 0 Å². The summed E-state index contributed by atoms with van der Waals surface area (Å²) in [7, 11) is -2.46. The van der Waals surface area contributed by atoms with Crippen molar-refractivity contribution in [1.29, 1.82) is 0 Å². The van der Waals surface area contributed by atoms with Gasteiger partial charge in [0.05, 0.1) is 17.9 Å². The standard InChI is InChI=1S/C29H33F4N7O3S/c1-17(2)40-26-20(16-35-28(37-26)36-21-7-4-18(5-8-21)25-34-11-12-39(25)3)14-22(27(40)41)19-6-9-24(23(30)15-19)38-44(42,43)13-10-29(31,32)33/h6,9,11-12,14-18,21,38H,4-5,7-8,10,13H2,1-3H3,(H,35,36,37)/t18-,21-. The van der Waals surface area contributed by atoms with Crippen molar-refractivity contribution >= 4 is 32.7 Å². The Morgan fingerprint density at radius 2 is 1.82 bits per heavy atom. The first-order valence-electron chi connectivity index (χ1n) is 14.2. The molecule has 44 heavy (non-hydrogen) atoms. The van der Waals surface area contributed by atoms with E-state index in [1.54, 1.807) is 12.3 Å². The first-order valence-corrected chi connectivity index (χ1v) is 15.9. The number of pyridine rings is 1. The lowest BCUT2D eigenvalue weighted by Crippen LogP contribution is -2.28. The van der Waals surface area contributed by atoms with E-state index >= 15 is 0 Å². The van der Waals surface area contributed by atoms with Crippen LogP contribution in [0.4, 0.5) is 29.2 Å². The lowest BCUT2D eigenvalue weighted by molar-refractivity contribution is -0.129. The van der Waals surface area contributed by atoms with Gasteiger partial charge < -0.3 is 9.88 Å². The lowest BCUT2D eigenvalue weighted by atomic mass is 9.85. The molecule has 0 radical (unpaired) electrons. The van der Waals surface area contributed by atoms with Crippen molar-refractivity contribution in [3.8, 4) is 11.1 Å². The zero-order valence-electron chi connectivity index (χ0n) is 24.4. The molecule has 0 amide bonds. The van der Waals surface area contributed by atoms with Crippen molar-refractivity contribution in [3.63, 3.8) is 0 Å². The lowest BCUT2D eigenvalue weighted by Gasteiger charge is -2.28. The first kappa shape index (κ1) is 31.4. The molecule has 3 aromatic heterocycles. The van der Waals surface area contributed by atoms with E-state index in [1.165, 1.54) is 10.6 Å². The summed E-state index contributed by atoms with van der Waals surface area (Å²) in [4.78, 5) is 27.3. The summed E-state index contributed by atoms with van der Waals surface area (Å²) >= 11 is 0. The molecule has 5 rings (SSSR count). The number of alkyl halides is 3. The molecular weight excluding hydrogens is 602 g/mol. The van der Waals surface area contributed by atoms with Crippen LogP contribution in [0.3, 0.4) is 0 Å². The number of sulfonamides is 1. The molecule has 1 saturated carbocycles. The fraction of sp³-hybridized carbons (Fsp3) is 0.448. The van der Waals surface area contributed by atoms with Crippen molar-refractivity contribution in [1.82, 2.24) is 24.1 Å². The fourth-order valence-electron chi connectivity index (χ4n) is 5.56. The van der Waals surface area contributed by atoms with Crippen molar-refractivity contribution < 1.29 is 26.0 Å². The van der Waals surface area contributed by atoms with E-state index in [0.717, 1.165) is 43.6 Å². The number of rotatable bonds is 9. The van der Waals surface area contributed by atoms with Gasteiger partial charge in [0.25, 0.3) is 5.56 Å². The summed E-state index contributed by atoms with van der Waals surface area (Å²) < 4.78 is 81.8. The SMILES string of the molecule is CC(C)n1c(=O)c(-c2ccc(NS(=O)(=O)CCC(F)(F)F)c(F)c2)cc2cnc(N[C@H]3CC[C@H](c4nccn4C)CC3)nc21. The highest BCUT2D eigenvalue weighted by Gasteiger charge is 2.30. The van der Waals surface area contributed by atoms with E-state index in [4.69, 9.17) is 0 Å². The summed E-state index contributed by atoms with van der Waals surface area (Å²) in [6.45, 7) is 3.64. The minimum absolute atomic E-state index is 0.133. The second-order valence-electron chi connectivity index (χ2n) is 11.4. The highest BCUT2D eigenvalue weighted by Crippen LogP contribution is 2.33. The van der Waals surface area contributed by atoms with Crippen LogP contribution < -0.4 is 15.6 Å². The van der Waals surface area contributed by atoms with Gasteiger partial charge in [0.15, 0.2) is 0 Å². The van der Waals surface area contributed by atoms with Crippen LogP contribution in [0.5, 0.6) is 0 Å². The molecule has 15 heteroatoms. The van der Waals surface area contributed by atoms with Crippen LogP contribution in [0.1, 0.15) is 63.7 Å². The molecule has 1 aliphatic rings. The summed E-state index contributed by atoms with van der Waals surface area (Å²) in [5.74, 6) is -0.415. The second-order valence-corrected chi connectivity index (χ2v) is 13.2. The third-order valence-corrected chi connectivity index (χ3v) is 9.05. The average molecular weight is 636 g/mol. The van der Waals surface area contributed by atoms with E-state index in [1.807, 2.05) is 38.0 Å². The molecule has 0 saturated heterocycles. The largest absolute Gasteiger partial charge is 0.390 e. The number of imidazole rings is 1. The van der Waals surface area contributed by atoms with E-state index in [-0.39, 0.29) is 23.2 Å². The third-order valence-electron chi connectivity index (χ3n) is 7.77. The highest BCUT2D eigenvalue weighted by molar-refractivity contribution is 7.92. The molecule has 0 spiro atoms. The second kappa shape index (κ2) is 12.2. The Balaban J connectivity index is 1.37. The number of aryl methyl sites for hydroxylation is 1. The van der Waals surface area contributed by atoms with Gasteiger partial charge in [-0.25, -0.2) is 22.8 Å². The van der Waals surface area contributed by atoms with Crippen molar-refractivity contribution in [2.75, 3.05) is 15.8 Å². The van der Waals surface area contributed by atoms with Crippen molar-refractivity contribution in [2.45, 2.75) is 70.1 Å². The summed E-state index contributed by atoms with van der Waals surface area (Å²) in [5.41, 5.74) is -0.260. The number of nitrogens with zero attached hydrogens (tertiary/aromatic N) is 5. The van der Waals surface area contributed by atoms with Crippen LogP contribution >= 0.6 is 0 Å². The topological polar surface area (TPSA) is 124 Å². The molecule has 0 unspecified atom stereocenters. The molecular formula is C29H33F4N7O3S. The van der Waals surface area contributed by atoms with Gasteiger partial charge in [-0.05, 0) is 63.3 Å². The predicted octanol–water partition coefficient (Wildman–Crippen LogP) is 5.74. The Hall–Kier alpha value is -4.01. The van der Waals surface area contributed by atoms with Crippen LogP contribution in [0, 0.1) is 5.82 Å². The van der Waals surface area contributed by atoms with E-state index in [0.29, 0.717) is 22.9 Å². The molecule has 3 heterocycles. The monoisotopic (exact) mass is 635 g/mol. The molecule has 236 valence electrons. The number of hydrogen-bond donors (Lipinski definition) is 2. The van der Waals surface area contributed by atoms with Crippen LogP contribution in [-0.2, 0) is 17.1 Å². The van der Waals surface area contributed by atoms with Crippen molar-refractivity contribution in [3.05, 3.63) is 64.9 Å². The van der Waals surface area contributed by atoms with E-state index < -0.39 is 45.4 Å². The molecule has 2 N–H and O–H groups in total. The number of fused-ring (bicyclic) bond motifs is 1. The van der Waals surface area contributed by atoms with Crippen LogP contribution in [0.25, 0.3) is 22.2 Å². The zero-order chi connectivity index (χ0) is 31.8. The Morgan fingerprint density at radius 3 is 2.43 bits per heavy atom. The normalized spacial score (nSPS) is 17.7. The van der Waals surface area contributed by atoms with Gasteiger partial charge in [-0.3, -0.25) is 14.1 Å². The number of aromatic nitrogens is 5. The fourth-order valence-corrected chi connectivity index (χ4v) is 6.66. The number of hydrogen-bond acceptors (Lipinski definition) is 7. The molecule has 4 aromatic rings. The molecule has 0 atom stereocenters. The minimum atomic E-state index is -4.68. The first-order chi connectivity index (χ1) is 20.7. The Morgan fingerprint density at radius 1 is 1.09 bits per heavy atom. The van der Waals surface area contributed by atoms with Crippen LogP contribution in [-0.4, -0.2) is 50.5 Å². The highest BCUT2D eigenvalue weighted by atomic mass is 32.2. The van der Waals surface area contributed by atoms with Gasteiger partial charge in [-0.1, -0.05) is 6.07 Å². The predicted molar refractivity (Wildman–Crippen MR) is 159 cm³/mol. The van der Waals surface area contributed by atoms with Crippen molar-refractivity contribution in [2.24, 2.45) is 7.05 Å². The van der Waals surface area contributed by atoms with E-state index in [2.05, 4.69) is 24.8 Å². The zero-order valence-corrected chi connectivity index (χ0v) is 25.2. The number of benzene rings is 1. The summed E-state index contributed by atoms with van der Waals surface area (Å²) in [5, 5.41) is 3.94. The maximum atomic E-state index is 14.9. The summed E-state index contributed by atoms with van der Waals surface area (Å²) in [6, 6.07) is 4.76. The molecule has 0 bridgehead atoms. The molecule has 1 aliphatic carbocycles. The molecule has 1 aromatic carbocycles. The maximum Gasteiger partial charge on any atom is 0.390 e. The Bertz CT molecular complexity index is 1830. The Labute approximate surface area is 251 Å². The van der Waals surface area contributed by atoms with Gasteiger partial charge in [-0.2, -0.15) is 18.2 Å². The average Bonchev–Trinajstić information content (AvgIpc) is 3.38. The quantitative estimate of drug-likeness (QED) is 0.225.